The van der Waals surface area contributed by atoms with Gasteiger partial charge in [-0.1, -0.05) is 12.1 Å². The number of aromatic nitrogens is 2. The van der Waals surface area contributed by atoms with Crippen molar-refractivity contribution in [1.82, 2.24) is 15.1 Å². The Morgan fingerprint density at radius 1 is 1.40 bits per heavy atom. The molecular weight excluding hydrogens is 322 g/mol. The van der Waals surface area contributed by atoms with Crippen LogP contribution in [0.25, 0.3) is 5.69 Å². The third-order valence-electron chi connectivity index (χ3n) is 4.47. The second-order valence-corrected chi connectivity index (χ2v) is 6.50. The number of rotatable bonds is 5. The highest BCUT2D eigenvalue weighted by Crippen LogP contribution is 2.24. The molecule has 3 rings (SSSR count). The minimum atomic E-state index is -0.960. The zero-order valence-electron chi connectivity index (χ0n) is 14.3. The molecule has 1 unspecified atom stereocenters. The first kappa shape index (κ1) is 17.2. The first-order valence-corrected chi connectivity index (χ1v) is 8.14. The van der Waals surface area contributed by atoms with Gasteiger partial charge in [-0.25, -0.2) is 4.68 Å². The average Bonchev–Trinajstić information content (AvgIpc) is 3.13. The number of hydrogen-bond donors (Lipinski definition) is 2. The Morgan fingerprint density at radius 2 is 2.20 bits per heavy atom. The van der Waals surface area contributed by atoms with Crippen LogP contribution < -0.4 is 5.32 Å². The summed E-state index contributed by atoms with van der Waals surface area (Å²) in [4.78, 5) is 23.8. The lowest BCUT2D eigenvalue weighted by molar-refractivity contribution is -0.138. The van der Waals surface area contributed by atoms with Crippen molar-refractivity contribution in [2.75, 3.05) is 13.2 Å². The van der Waals surface area contributed by atoms with Crippen molar-refractivity contribution in [3.8, 4) is 5.69 Å². The molecule has 0 aliphatic carbocycles. The molecule has 132 valence electrons. The molecule has 1 aliphatic heterocycles. The topological polar surface area (TPSA) is 93.5 Å². The van der Waals surface area contributed by atoms with Crippen molar-refractivity contribution >= 4 is 11.9 Å². The van der Waals surface area contributed by atoms with E-state index in [1.807, 2.05) is 38.1 Å². The van der Waals surface area contributed by atoms with E-state index in [1.54, 1.807) is 4.68 Å². The monoisotopic (exact) mass is 343 g/mol. The van der Waals surface area contributed by atoms with Crippen LogP contribution in [0.5, 0.6) is 0 Å². The fourth-order valence-corrected chi connectivity index (χ4v) is 3.14. The van der Waals surface area contributed by atoms with Crippen LogP contribution >= 0.6 is 0 Å². The van der Waals surface area contributed by atoms with Gasteiger partial charge in [-0.05, 0) is 38.0 Å². The number of ether oxygens (including phenoxy) is 1. The highest BCUT2D eigenvalue weighted by molar-refractivity contribution is 5.96. The normalized spacial score (nSPS) is 19.8. The molecule has 25 heavy (non-hydrogen) atoms. The van der Waals surface area contributed by atoms with Gasteiger partial charge in [0.2, 0.25) is 0 Å². The van der Waals surface area contributed by atoms with Gasteiger partial charge in [-0.15, -0.1) is 0 Å². The standard InChI is InChI=1S/C18H21N3O4/c1-12-4-3-5-14(8-12)21-13(2)15(10-19-21)17(24)20-18(9-16(22)23)6-7-25-11-18/h3-5,8,10H,6-7,9,11H2,1-2H3,(H,20,24)(H,22,23). The number of carbonyl (C=O) groups excluding carboxylic acids is 1. The van der Waals surface area contributed by atoms with E-state index in [4.69, 9.17) is 9.84 Å². The maximum Gasteiger partial charge on any atom is 0.305 e. The van der Waals surface area contributed by atoms with Crippen LogP contribution in [-0.2, 0) is 9.53 Å². The smallest absolute Gasteiger partial charge is 0.305 e. The van der Waals surface area contributed by atoms with E-state index in [0.29, 0.717) is 24.3 Å². The fraction of sp³-hybridized carbons (Fsp3) is 0.389. The summed E-state index contributed by atoms with van der Waals surface area (Å²) in [6.07, 6.45) is 1.83. The SMILES string of the molecule is Cc1cccc(-n2ncc(C(=O)NC3(CC(=O)O)CCOC3)c2C)c1. The number of carboxylic acids is 1. The molecule has 1 amide bonds. The van der Waals surface area contributed by atoms with Gasteiger partial charge < -0.3 is 15.2 Å². The van der Waals surface area contributed by atoms with Crippen molar-refractivity contribution in [2.45, 2.75) is 32.2 Å². The maximum absolute atomic E-state index is 12.7. The van der Waals surface area contributed by atoms with Gasteiger partial charge in [0.15, 0.2) is 0 Å². The average molecular weight is 343 g/mol. The molecule has 1 aliphatic rings. The molecule has 0 bridgehead atoms. The number of nitrogens with one attached hydrogen (secondary N) is 1. The molecule has 0 saturated carbocycles. The fourth-order valence-electron chi connectivity index (χ4n) is 3.14. The van der Waals surface area contributed by atoms with Crippen molar-refractivity contribution in [2.24, 2.45) is 0 Å². The third-order valence-corrected chi connectivity index (χ3v) is 4.47. The van der Waals surface area contributed by atoms with Gasteiger partial charge in [0.1, 0.15) is 0 Å². The van der Waals surface area contributed by atoms with Gasteiger partial charge in [-0.3, -0.25) is 9.59 Å². The Kier molecular flexibility index (Phi) is 4.59. The van der Waals surface area contributed by atoms with Gasteiger partial charge in [-0.2, -0.15) is 5.10 Å². The Labute approximate surface area is 145 Å². The summed E-state index contributed by atoms with van der Waals surface area (Å²) in [5, 5.41) is 16.3. The van der Waals surface area contributed by atoms with E-state index in [-0.39, 0.29) is 18.9 Å². The minimum Gasteiger partial charge on any atom is -0.481 e. The van der Waals surface area contributed by atoms with Gasteiger partial charge in [0.05, 0.1) is 41.7 Å². The summed E-state index contributed by atoms with van der Waals surface area (Å²) in [5.74, 6) is -1.29. The summed E-state index contributed by atoms with van der Waals surface area (Å²) in [7, 11) is 0. The Bertz CT molecular complexity index is 806. The van der Waals surface area contributed by atoms with Crippen LogP contribution in [0.2, 0.25) is 0 Å². The number of hydrogen-bond acceptors (Lipinski definition) is 4. The molecule has 2 heterocycles. The molecule has 1 saturated heterocycles. The molecule has 7 heteroatoms. The lowest BCUT2D eigenvalue weighted by Crippen LogP contribution is -2.50. The van der Waals surface area contributed by atoms with E-state index in [2.05, 4.69) is 10.4 Å². The van der Waals surface area contributed by atoms with Crippen molar-refractivity contribution in [3.05, 3.63) is 47.3 Å². The number of carboxylic acid groups (broad SMARTS) is 1. The van der Waals surface area contributed by atoms with E-state index in [9.17, 15) is 9.59 Å². The largest absolute Gasteiger partial charge is 0.481 e. The lowest BCUT2D eigenvalue weighted by Gasteiger charge is -2.26. The van der Waals surface area contributed by atoms with Crippen molar-refractivity contribution < 1.29 is 19.4 Å². The second kappa shape index (κ2) is 6.68. The summed E-state index contributed by atoms with van der Waals surface area (Å²) in [5.41, 5.74) is 2.24. The molecular formula is C18H21N3O4. The Hall–Kier alpha value is -2.67. The zero-order valence-corrected chi connectivity index (χ0v) is 14.3. The predicted molar refractivity (Wildman–Crippen MR) is 90.9 cm³/mol. The first-order chi connectivity index (χ1) is 11.9. The first-order valence-electron chi connectivity index (χ1n) is 8.14. The van der Waals surface area contributed by atoms with Gasteiger partial charge in [0.25, 0.3) is 5.91 Å². The molecule has 0 spiro atoms. The molecule has 1 fully saturated rings. The second-order valence-electron chi connectivity index (χ2n) is 6.50. The van der Waals surface area contributed by atoms with Crippen LogP contribution in [0, 0.1) is 13.8 Å². The highest BCUT2D eigenvalue weighted by Gasteiger charge is 2.39. The minimum absolute atomic E-state index is 0.163. The molecule has 2 aromatic rings. The van der Waals surface area contributed by atoms with E-state index >= 15 is 0 Å². The molecule has 7 nitrogen and oxygen atoms in total. The van der Waals surface area contributed by atoms with Gasteiger partial charge in [0, 0.05) is 6.61 Å². The van der Waals surface area contributed by atoms with Gasteiger partial charge >= 0.3 is 5.97 Å². The van der Waals surface area contributed by atoms with Crippen LogP contribution in [0.1, 0.15) is 34.5 Å². The van der Waals surface area contributed by atoms with Crippen molar-refractivity contribution in [3.63, 3.8) is 0 Å². The van der Waals surface area contributed by atoms with Crippen LogP contribution in [0.3, 0.4) is 0 Å². The van der Waals surface area contributed by atoms with Crippen molar-refractivity contribution in [1.29, 1.82) is 0 Å². The summed E-state index contributed by atoms with van der Waals surface area (Å²) in [6.45, 7) is 4.45. The van der Waals surface area contributed by atoms with Crippen LogP contribution in [0.4, 0.5) is 0 Å². The number of amides is 1. The summed E-state index contributed by atoms with van der Waals surface area (Å²) < 4.78 is 7.02. The lowest BCUT2D eigenvalue weighted by atomic mass is 9.94. The molecule has 1 atom stereocenters. The predicted octanol–water partition coefficient (Wildman–Crippen LogP) is 1.85. The van der Waals surface area contributed by atoms with Crippen LogP contribution in [0.15, 0.2) is 30.5 Å². The Balaban J connectivity index is 1.84. The number of aliphatic carboxylic acids is 1. The third kappa shape index (κ3) is 3.56. The zero-order chi connectivity index (χ0) is 18.0. The molecule has 1 aromatic carbocycles. The maximum atomic E-state index is 12.7. The number of nitrogens with zero attached hydrogens (tertiary/aromatic N) is 2. The molecule has 0 radical (unpaired) electrons. The quantitative estimate of drug-likeness (QED) is 0.864. The highest BCUT2D eigenvalue weighted by atomic mass is 16.5. The van der Waals surface area contributed by atoms with Crippen LogP contribution in [-0.4, -0.2) is 45.5 Å². The summed E-state index contributed by atoms with van der Waals surface area (Å²) >= 11 is 0. The molecule has 1 aromatic heterocycles. The molecule has 2 N–H and O–H groups in total. The Morgan fingerprint density at radius 3 is 2.84 bits per heavy atom. The number of aryl methyl sites for hydroxylation is 1. The van der Waals surface area contributed by atoms with E-state index in [0.717, 1.165) is 11.3 Å². The number of carbonyl (C=O) groups is 2. The summed E-state index contributed by atoms with van der Waals surface area (Å²) in [6, 6.07) is 7.83. The number of benzene rings is 1. The van der Waals surface area contributed by atoms with E-state index < -0.39 is 11.5 Å². The van der Waals surface area contributed by atoms with E-state index in [1.165, 1.54) is 6.20 Å².